The van der Waals surface area contributed by atoms with E-state index in [1.165, 1.54) is 0 Å². The van der Waals surface area contributed by atoms with Gasteiger partial charge in [-0.2, -0.15) is 0 Å². The van der Waals surface area contributed by atoms with Gasteiger partial charge in [-0.25, -0.2) is 0 Å². The molecule has 1 amide bonds. The molecule has 0 saturated heterocycles. The zero-order valence-electron chi connectivity index (χ0n) is 16.5. The van der Waals surface area contributed by atoms with Crippen molar-refractivity contribution in [3.05, 3.63) is 48.5 Å². The van der Waals surface area contributed by atoms with Crippen molar-refractivity contribution in [2.75, 3.05) is 30.4 Å². The van der Waals surface area contributed by atoms with E-state index in [-0.39, 0.29) is 12.5 Å². The van der Waals surface area contributed by atoms with Crippen molar-refractivity contribution in [2.24, 2.45) is 5.92 Å². The van der Waals surface area contributed by atoms with Crippen LogP contribution in [0, 0.1) is 5.92 Å². The van der Waals surface area contributed by atoms with Gasteiger partial charge in [-0.3, -0.25) is 4.79 Å². The summed E-state index contributed by atoms with van der Waals surface area (Å²) in [4.78, 5) is 12.1. The van der Waals surface area contributed by atoms with Gasteiger partial charge in [-0.05, 0) is 55.2 Å². The van der Waals surface area contributed by atoms with Gasteiger partial charge in [0.2, 0.25) is 5.91 Å². The van der Waals surface area contributed by atoms with E-state index >= 15 is 0 Å². The maximum atomic E-state index is 12.1. The van der Waals surface area contributed by atoms with Gasteiger partial charge in [0.1, 0.15) is 11.5 Å². The monoisotopic (exact) mass is 370 g/mol. The van der Waals surface area contributed by atoms with Gasteiger partial charge in [0.15, 0.2) is 0 Å². The molecule has 0 radical (unpaired) electrons. The number of nitrogens with one attached hydrogen (secondary N) is 2. The largest absolute Gasteiger partial charge is 0.494 e. The standard InChI is InChI=1S/C22H30N2O3/c1-4-13-26-21-7-5-6-19(15-21)23-16-22(25)24-18-8-10-20(11-9-18)27-14-12-17(2)3/h5-11,15,17,23H,4,12-14,16H2,1-3H3,(H,24,25). The van der Waals surface area contributed by atoms with Crippen LogP contribution in [-0.2, 0) is 4.79 Å². The molecule has 0 unspecified atom stereocenters. The van der Waals surface area contributed by atoms with Crippen LogP contribution in [0.5, 0.6) is 11.5 Å². The van der Waals surface area contributed by atoms with E-state index in [0.717, 1.165) is 35.7 Å². The van der Waals surface area contributed by atoms with Crippen molar-refractivity contribution in [2.45, 2.75) is 33.6 Å². The van der Waals surface area contributed by atoms with E-state index in [1.807, 2.05) is 48.5 Å². The molecule has 2 aromatic rings. The van der Waals surface area contributed by atoms with E-state index < -0.39 is 0 Å². The number of amides is 1. The lowest BCUT2D eigenvalue weighted by Gasteiger charge is -2.11. The Morgan fingerprint density at radius 3 is 2.41 bits per heavy atom. The first-order chi connectivity index (χ1) is 13.1. The third-order valence-corrected chi connectivity index (χ3v) is 3.86. The second kappa shape index (κ2) is 11.1. The van der Waals surface area contributed by atoms with E-state index in [4.69, 9.17) is 9.47 Å². The summed E-state index contributed by atoms with van der Waals surface area (Å²) in [5, 5.41) is 5.99. The van der Waals surface area contributed by atoms with Crippen LogP contribution in [0.2, 0.25) is 0 Å². The summed E-state index contributed by atoms with van der Waals surface area (Å²) in [5.74, 6) is 2.13. The quantitative estimate of drug-likeness (QED) is 0.587. The number of hydrogen-bond donors (Lipinski definition) is 2. The van der Waals surface area contributed by atoms with Gasteiger partial charge in [-0.15, -0.1) is 0 Å². The minimum Gasteiger partial charge on any atom is -0.494 e. The van der Waals surface area contributed by atoms with Crippen LogP contribution in [0.25, 0.3) is 0 Å². The molecule has 0 bridgehead atoms. The molecule has 0 spiro atoms. The molecule has 27 heavy (non-hydrogen) atoms. The Bertz CT molecular complexity index is 699. The van der Waals surface area contributed by atoms with Crippen LogP contribution in [0.3, 0.4) is 0 Å². The highest BCUT2D eigenvalue weighted by Gasteiger charge is 2.04. The molecule has 0 aliphatic heterocycles. The van der Waals surface area contributed by atoms with Crippen LogP contribution in [0.1, 0.15) is 33.6 Å². The van der Waals surface area contributed by atoms with Gasteiger partial charge >= 0.3 is 0 Å². The van der Waals surface area contributed by atoms with Gasteiger partial charge in [0.25, 0.3) is 0 Å². The van der Waals surface area contributed by atoms with Crippen LogP contribution < -0.4 is 20.1 Å². The molecule has 0 heterocycles. The summed E-state index contributed by atoms with van der Waals surface area (Å²) < 4.78 is 11.3. The third kappa shape index (κ3) is 8.03. The molecule has 0 fully saturated rings. The topological polar surface area (TPSA) is 59.6 Å². The van der Waals surface area contributed by atoms with Crippen LogP contribution >= 0.6 is 0 Å². The molecule has 2 N–H and O–H groups in total. The Morgan fingerprint density at radius 2 is 1.70 bits per heavy atom. The summed E-state index contributed by atoms with van der Waals surface area (Å²) >= 11 is 0. The summed E-state index contributed by atoms with van der Waals surface area (Å²) in [6, 6.07) is 15.1. The first-order valence-electron chi connectivity index (χ1n) is 9.56. The smallest absolute Gasteiger partial charge is 0.243 e. The molecular formula is C22H30N2O3. The number of carbonyl (C=O) groups excluding carboxylic acids is 1. The second-order valence-electron chi connectivity index (χ2n) is 6.83. The molecule has 146 valence electrons. The lowest BCUT2D eigenvalue weighted by Crippen LogP contribution is -2.21. The highest BCUT2D eigenvalue weighted by molar-refractivity contribution is 5.93. The van der Waals surface area contributed by atoms with Crippen LogP contribution in [-0.4, -0.2) is 25.7 Å². The van der Waals surface area contributed by atoms with Crippen molar-refractivity contribution in [1.82, 2.24) is 0 Å². The number of carbonyl (C=O) groups is 1. The normalized spacial score (nSPS) is 10.5. The highest BCUT2D eigenvalue weighted by atomic mass is 16.5. The number of anilines is 2. The first-order valence-corrected chi connectivity index (χ1v) is 9.56. The molecule has 2 rings (SSSR count). The van der Waals surface area contributed by atoms with Gasteiger partial charge in [-0.1, -0.05) is 26.8 Å². The number of benzene rings is 2. The van der Waals surface area contributed by atoms with E-state index in [9.17, 15) is 4.79 Å². The highest BCUT2D eigenvalue weighted by Crippen LogP contribution is 2.18. The van der Waals surface area contributed by atoms with Crippen molar-refractivity contribution in [3.8, 4) is 11.5 Å². The molecule has 2 aromatic carbocycles. The van der Waals surface area contributed by atoms with Crippen molar-refractivity contribution in [3.63, 3.8) is 0 Å². The molecule has 0 saturated carbocycles. The molecule has 5 heteroatoms. The molecule has 5 nitrogen and oxygen atoms in total. The SMILES string of the molecule is CCCOc1cccc(NCC(=O)Nc2ccc(OCCC(C)C)cc2)c1. The maximum absolute atomic E-state index is 12.1. The summed E-state index contributed by atoms with van der Waals surface area (Å²) in [5.41, 5.74) is 1.60. The summed E-state index contributed by atoms with van der Waals surface area (Å²) in [6.07, 6.45) is 1.98. The number of rotatable bonds is 11. The zero-order valence-corrected chi connectivity index (χ0v) is 16.5. The van der Waals surface area contributed by atoms with Crippen molar-refractivity contribution in [1.29, 1.82) is 0 Å². The van der Waals surface area contributed by atoms with E-state index in [0.29, 0.717) is 19.1 Å². The molecule has 0 aliphatic rings. The fourth-order valence-electron chi connectivity index (χ4n) is 2.35. The minimum absolute atomic E-state index is 0.108. The predicted octanol–water partition coefficient (Wildman–Crippen LogP) is 4.95. The Balaban J connectivity index is 1.77. The lowest BCUT2D eigenvalue weighted by molar-refractivity contribution is -0.114. The van der Waals surface area contributed by atoms with Crippen LogP contribution in [0.15, 0.2) is 48.5 Å². The Morgan fingerprint density at radius 1 is 0.963 bits per heavy atom. The minimum atomic E-state index is -0.108. The van der Waals surface area contributed by atoms with Gasteiger partial charge in [0, 0.05) is 17.4 Å². The zero-order chi connectivity index (χ0) is 19.5. The number of ether oxygens (including phenoxy) is 2. The summed E-state index contributed by atoms with van der Waals surface area (Å²) in [7, 11) is 0. The van der Waals surface area contributed by atoms with E-state index in [2.05, 4.69) is 31.4 Å². The Labute approximate surface area is 162 Å². The third-order valence-electron chi connectivity index (χ3n) is 3.86. The average Bonchev–Trinajstić information content (AvgIpc) is 2.66. The van der Waals surface area contributed by atoms with Crippen molar-refractivity contribution < 1.29 is 14.3 Å². The number of hydrogen-bond acceptors (Lipinski definition) is 4. The predicted molar refractivity (Wildman–Crippen MR) is 111 cm³/mol. The van der Waals surface area contributed by atoms with Gasteiger partial charge in [0.05, 0.1) is 19.8 Å². The second-order valence-corrected chi connectivity index (χ2v) is 6.83. The fraction of sp³-hybridized carbons (Fsp3) is 0.409. The molecule has 0 atom stereocenters. The summed E-state index contributed by atoms with van der Waals surface area (Å²) in [6.45, 7) is 7.98. The first kappa shape index (κ1) is 20.6. The Kier molecular flexibility index (Phi) is 8.49. The fourth-order valence-corrected chi connectivity index (χ4v) is 2.35. The van der Waals surface area contributed by atoms with Crippen molar-refractivity contribution >= 4 is 17.3 Å². The van der Waals surface area contributed by atoms with E-state index in [1.54, 1.807) is 0 Å². The molecule has 0 aliphatic carbocycles. The van der Waals surface area contributed by atoms with Crippen LogP contribution in [0.4, 0.5) is 11.4 Å². The average molecular weight is 370 g/mol. The molecular weight excluding hydrogens is 340 g/mol. The molecule has 0 aromatic heterocycles. The lowest BCUT2D eigenvalue weighted by atomic mass is 10.1. The van der Waals surface area contributed by atoms with Gasteiger partial charge < -0.3 is 20.1 Å². The maximum Gasteiger partial charge on any atom is 0.243 e. The Hall–Kier alpha value is -2.69.